The van der Waals surface area contributed by atoms with E-state index in [4.69, 9.17) is 4.74 Å². The fourth-order valence-corrected chi connectivity index (χ4v) is 4.18. The van der Waals surface area contributed by atoms with Crippen LogP contribution in [0.1, 0.15) is 43.9 Å². The first-order valence-electron chi connectivity index (χ1n) is 9.19. The van der Waals surface area contributed by atoms with E-state index >= 15 is 4.39 Å². The molecule has 0 aromatic heterocycles. The first-order valence-corrected chi connectivity index (χ1v) is 9.19. The third-order valence-electron chi connectivity index (χ3n) is 5.35. The van der Waals surface area contributed by atoms with Crippen LogP contribution in [0.25, 0.3) is 0 Å². The largest absolute Gasteiger partial charge is 0.491 e. The standard InChI is InChI=1S/C21H20F2N2O3/c1-11(2)28-15-8-7-13(22)18(23)17(15)19-21(10-9-16(26)25-19)12-5-3-4-6-14(12)24-20(21)27/h3-8,11,19H,9-10H2,1-2H3,(H,24,27)(H,25,26). The van der Waals surface area contributed by atoms with Gasteiger partial charge in [0, 0.05) is 12.1 Å². The van der Waals surface area contributed by atoms with Crippen molar-refractivity contribution in [3.8, 4) is 5.75 Å². The lowest BCUT2D eigenvalue weighted by Crippen LogP contribution is -2.53. The third kappa shape index (κ3) is 2.65. The molecule has 0 saturated carbocycles. The first kappa shape index (κ1) is 18.4. The van der Waals surface area contributed by atoms with Gasteiger partial charge in [0.05, 0.1) is 17.7 Å². The number of amides is 2. The zero-order valence-electron chi connectivity index (χ0n) is 15.5. The minimum absolute atomic E-state index is 0.107. The topological polar surface area (TPSA) is 67.4 Å². The highest BCUT2D eigenvalue weighted by Gasteiger charge is 2.56. The summed E-state index contributed by atoms with van der Waals surface area (Å²) in [6, 6.07) is 8.31. The summed E-state index contributed by atoms with van der Waals surface area (Å²) in [6.07, 6.45) is -0.0116. The average Bonchev–Trinajstić information content (AvgIpc) is 2.93. The van der Waals surface area contributed by atoms with Gasteiger partial charge in [0.25, 0.3) is 0 Å². The molecular formula is C21H20F2N2O3. The molecular weight excluding hydrogens is 366 g/mol. The number of hydrogen-bond acceptors (Lipinski definition) is 3. The Morgan fingerprint density at radius 3 is 2.64 bits per heavy atom. The van der Waals surface area contributed by atoms with Crippen LogP contribution in [0.3, 0.4) is 0 Å². The number of halogens is 2. The van der Waals surface area contributed by atoms with Crippen molar-refractivity contribution in [3.63, 3.8) is 0 Å². The van der Waals surface area contributed by atoms with E-state index in [1.165, 1.54) is 6.07 Å². The molecule has 4 rings (SSSR count). The van der Waals surface area contributed by atoms with Gasteiger partial charge in [-0.1, -0.05) is 18.2 Å². The summed E-state index contributed by atoms with van der Waals surface area (Å²) in [4.78, 5) is 25.3. The molecule has 1 spiro atoms. The van der Waals surface area contributed by atoms with Crippen LogP contribution in [0.4, 0.5) is 14.5 Å². The normalized spacial score (nSPS) is 23.5. The van der Waals surface area contributed by atoms with Gasteiger partial charge in [0.15, 0.2) is 11.6 Å². The van der Waals surface area contributed by atoms with Gasteiger partial charge in [-0.05, 0) is 44.0 Å². The highest BCUT2D eigenvalue weighted by atomic mass is 19.2. The maximum atomic E-state index is 15.0. The predicted octanol–water partition coefficient (Wildman–Crippen LogP) is 3.59. The summed E-state index contributed by atoms with van der Waals surface area (Å²) < 4.78 is 34.9. The summed E-state index contributed by atoms with van der Waals surface area (Å²) in [5.74, 6) is -2.75. The molecule has 2 N–H and O–H groups in total. The molecule has 7 heteroatoms. The lowest BCUT2D eigenvalue weighted by Gasteiger charge is -2.41. The molecule has 2 aromatic carbocycles. The second-order valence-electron chi connectivity index (χ2n) is 7.41. The van der Waals surface area contributed by atoms with Crippen LogP contribution in [0.5, 0.6) is 5.75 Å². The Morgan fingerprint density at radius 1 is 1.14 bits per heavy atom. The fraction of sp³-hybridized carbons (Fsp3) is 0.333. The van der Waals surface area contributed by atoms with Crippen molar-refractivity contribution in [2.24, 2.45) is 0 Å². The second kappa shape index (κ2) is 6.58. The Kier molecular flexibility index (Phi) is 4.33. The number of fused-ring (bicyclic) bond motifs is 2. The van der Waals surface area contributed by atoms with E-state index in [1.54, 1.807) is 38.1 Å². The highest BCUT2D eigenvalue weighted by molar-refractivity contribution is 6.08. The number of nitrogens with one attached hydrogen (secondary N) is 2. The van der Waals surface area contributed by atoms with Crippen molar-refractivity contribution >= 4 is 17.5 Å². The number of piperidine rings is 1. The van der Waals surface area contributed by atoms with E-state index in [-0.39, 0.29) is 42.1 Å². The van der Waals surface area contributed by atoms with Crippen molar-refractivity contribution in [2.75, 3.05) is 5.32 Å². The maximum absolute atomic E-state index is 15.0. The van der Waals surface area contributed by atoms with Gasteiger partial charge in [-0.25, -0.2) is 8.78 Å². The van der Waals surface area contributed by atoms with Crippen LogP contribution in [0, 0.1) is 11.6 Å². The first-order chi connectivity index (χ1) is 13.3. The molecule has 1 fully saturated rings. The summed E-state index contributed by atoms with van der Waals surface area (Å²) in [5, 5.41) is 5.55. The van der Waals surface area contributed by atoms with Crippen LogP contribution in [0.2, 0.25) is 0 Å². The van der Waals surface area contributed by atoms with Gasteiger partial charge in [-0.2, -0.15) is 0 Å². The van der Waals surface area contributed by atoms with Gasteiger partial charge in [-0.3, -0.25) is 9.59 Å². The second-order valence-corrected chi connectivity index (χ2v) is 7.41. The van der Waals surface area contributed by atoms with E-state index in [1.807, 2.05) is 0 Å². The maximum Gasteiger partial charge on any atom is 0.237 e. The third-order valence-corrected chi connectivity index (χ3v) is 5.35. The smallest absolute Gasteiger partial charge is 0.237 e. The SMILES string of the molecule is CC(C)Oc1ccc(F)c(F)c1C1NC(=O)CCC12C(=O)Nc1ccccc12. The molecule has 1 saturated heterocycles. The fourth-order valence-electron chi connectivity index (χ4n) is 4.18. The summed E-state index contributed by atoms with van der Waals surface area (Å²) in [6.45, 7) is 3.52. The summed E-state index contributed by atoms with van der Waals surface area (Å²) >= 11 is 0. The van der Waals surface area contributed by atoms with Crippen LogP contribution >= 0.6 is 0 Å². The van der Waals surface area contributed by atoms with E-state index in [0.29, 0.717) is 11.3 Å². The van der Waals surface area contributed by atoms with Gasteiger partial charge >= 0.3 is 0 Å². The molecule has 28 heavy (non-hydrogen) atoms. The van der Waals surface area contributed by atoms with Crippen LogP contribution in [-0.2, 0) is 15.0 Å². The Hall–Kier alpha value is -2.96. The average molecular weight is 386 g/mol. The van der Waals surface area contributed by atoms with Gasteiger partial charge < -0.3 is 15.4 Å². The van der Waals surface area contributed by atoms with Crippen LogP contribution < -0.4 is 15.4 Å². The molecule has 5 nitrogen and oxygen atoms in total. The summed E-state index contributed by atoms with van der Waals surface area (Å²) in [5.41, 5.74) is -0.122. The highest BCUT2D eigenvalue weighted by Crippen LogP contribution is 2.52. The number of hydrogen-bond donors (Lipinski definition) is 2. The van der Waals surface area contributed by atoms with Crippen molar-refractivity contribution in [1.82, 2.24) is 5.32 Å². The molecule has 0 radical (unpaired) electrons. The lowest BCUT2D eigenvalue weighted by molar-refractivity contribution is -0.130. The minimum atomic E-state index is -1.24. The van der Waals surface area contributed by atoms with Crippen molar-refractivity contribution in [3.05, 3.63) is 59.2 Å². The monoisotopic (exact) mass is 386 g/mol. The molecule has 2 amide bonds. The number of ether oxygens (including phenoxy) is 1. The molecule has 2 aliphatic heterocycles. The van der Waals surface area contributed by atoms with Gasteiger partial charge in [0.1, 0.15) is 11.2 Å². The number of carbonyl (C=O) groups is 2. The molecule has 2 atom stereocenters. The number of carbonyl (C=O) groups excluding carboxylic acids is 2. The van der Waals surface area contributed by atoms with Crippen LogP contribution in [-0.4, -0.2) is 17.9 Å². The van der Waals surface area contributed by atoms with Gasteiger partial charge in [0.2, 0.25) is 11.8 Å². The Bertz CT molecular complexity index is 976. The number of rotatable bonds is 3. The lowest BCUT2D eigenvalue weighted by atomic mass is 9.67. The molecule has 146 valence electrons. The van der Waals surface area contributed by atoms with Crippen LogP contribution in [0.15, 0.2) is 36.4 Å². The van der Waals surface area contributed by atoms with Crippen molar-refractivity contribution in [2.45, 2.75) is 44.2 Å². The van der Waals surface area contributed by atoms with Crippen molar-refractivity contribution in [1.29, 1.82) is 0 Å². The number of benzene rings is 2. The Balaban J connectivity index is 1.96. The predicted molar refractivity (Wildman–Crippen MR) is 99.0 cm³/mol. The quantitative estimate of drug-likeness (QED) is 0.847. The Labute approximate surface area is 161 Å². The molecule has 2 aliphatic rings. The van der Waals surface area contributed by atoms with E-state index < -0.39 is 23.1 Å². The zero-order valence-corrected chi connectivity index (χ0v) is 15.5. The molecule has 2 heterocycles. The van der Waals surface area contributed by atoms with Crippen molar-refractivity contribution < 1.29 is 23.1 Å². The zero-order chi connectivity index (χ0) is 20.1. The van der Waals surface area contributed by atoms with E-state index in [0.717, 1.165) is 6.07 Å². The van der Waals surface area contributed by atoms with E-state index in [9.17, 15) is 14.0 Å². The number of para-hydroxylation sites is 1. The molecule has 2 aromatic rings. The number of anilines is 1. The Morgan fingerprint density at radius 2 is 1.89 bits per heavy atom. The van der Waals surface area contributed by atoms with Gasteiger partial charge in [-0.15, -0.1) is 0 Å². The minimum Gasteiger partial charge on any atom is -0.491 e. The molecule has 0 bridgehead atoms. The van der Waals surface area contributed by atoms with E-state index in [2.05, 4.69) is 10.6 Å². The summed E-state index contributed by atoms with van der Waals surface area (Å²) in [7, 11) is 0. The molecule has 0 aliphatic carbocycles. The molecule has 2 unspecified atom stereocenters.